The maximum absolute atomic E-state index is 12.5. The second kappa shape index (κ2) is 9.08. The maximum atomic E-state index is 12.5. The zero-order chi connectivity index (χ0) is 23.5. The number of amides is 2. The first-order valence-electron chi connectivity index (χ1n) is 9.16. The Morgan fingerprint density at radius 1 is 1.16 bits per heavy atom. The summed E-state index contributed by atoms with van der Waals surface area (Å²) < 4.78 is 44.7. The standard InChI is InChI=1S/C20H19F3N6O3/c1-12-3-2-4-16(29(25)19(31)26-24)15(12)11-32-17-9-10-28(27-17)14-7-5-13(6-8-14)18(30)20(21,22)23/h2-10H,11,24-25H2,1H3,(H,26,31). The van der Waals surface area contributed by atoms with Crippen LogP contribution < -0.4 is 26.9 Å². The minimum atomic E-state index is -4.94. The van der Waals surface area contributed by atoms with E-state index in [4.69, 9.17) is 16.4 Å². The number of ketones is 1. The highest BCUT2D eigenvalue weighted by Crippen LogP contribution is 2.25. The third-order valence-electron chi connectivity index (χ3n) is 4.57. The fourth-order valence-electron chi connectivity index (χ4n) is 2.88. The average Bonchev–Trinajstić information content (AvgIpc) is 3.25. The van der Waals surface area contributed by atoms with Gasteiger partial charge in [-0.25, -0.2) is 26.2 Å². The van der Waals surface area contributed by atoms with E-state index in [-0.39, 0.29) is 12.5 Å². The normalized spacial score (nSPS) is 11.2. The van der Waals surface area contributed by atoms with E-state index in [2.05, 4.69) is 5.10 Å². The number of alkyl halides is 3. The second-order valence-electron chi connectivity index (χ2n) is 6.65. The van der Waals surface area contributed by atoms with E-state index >= 15 is 0 Å². The highest BCUT2D eigenvalue weighted by atomic mass is 19.4. The summed E-state index contributed by atoms with van der Waals surface area (Å²) in [4.78, 5) is 23.0. The monoisotopic (exact) mass is 448 g/mol. The molecule has 0 radical (unpaired) electrons. The molecule has 0 spiro atoms. The molecule has 0 atom stereocenters. The van der Waals surface area contributed by atoms with Crippen molar-refractivity contribution in [3.8, 4) is 11.6 Å². The van der Waals surface area contributed by atoms with Crippen LogP contribution in [0, 0.1) is 6.92 Å². The molecule has 12 heteroatoms. The van der Waals surface area contributed by atoms with Crippen molar-refractivity contribution in [2.75, 3.05) is 5.01 Å². The number of nitrogens with one attached hydrogen (secondary N) is 1. The van der Waals surface area contributed by atoms with Gasteiger partial charge in [0.25, 0.3) is 5.78 Å². The Labute approximate surface area is 180 Å². The van der Waals surface area contributed by atoms with Gasteiger partial charge < -0.3 is 4.74 Å². The van der Waals surface area contributed by atoms with Gasteiger partial charge in [0.15, 0.2) is 0 Å². The zero-order valence-electron chi connectivity index (χ0n) is 16.8. The Kier molecular flexibility index (Phi) is 6.46. The summed E-state index contributed by atoms with van der Waals surface area (Å²) in [5, 5.41) is 5.07. The molecule has 0 aliphatic carbocycles. The number of benzene rings is 2. The number of nitrogens with zero attached hydrogens (tertiary/aromatic N) is 3. The highest BCUT2D eigenvalue weighted by Gasteiger charge is 2.39. The van der Waals surface area contributed by atoms with Crippen LogP contribution in [-0.4, -0.2) is 27.8 Å². The molecule has 0 aliphatic heterocycles. The summed E-state index contributed by atoms with van der Waals surface area (Å²) in [7, 11) is 0. The first kappa shape index (κ1) is 22.8. The fraction of sp³-hybridized carbons (Fsp3) is 0.150. The Balaban J connectivity index is 1.75. The number of anilines is 1. The molecule has 0 aliphatic rings. The molecule has 3 rings (SSSR count). The second-order valence-corrected chi connectivity index (χ2v) is 6.65. The number of halogens is 3. The predicted octanol–water partition coefficient (Wildman–Crippen LogP) is 2.77. The first-order valence-corrected chi connectivity index (χ1v) is 9.16. The number of carbonyl (C=O) groups excluding carboxylic acids is 2. The largest absolute Gasteiger partial charge is 0.472 e. The first-order chi connectivity index (χ1) is 15.1. The van der Waals surface area contributed by atoms with Gasteiger partial charge in [-0.3, -0.25) is 10.2 Å². The molecule has 9 nitrogen and oxygen atoms in total. The van der Waals surface area contributed by atoms with E-state index in [0.717, 1.165) is 22.7 Å². The van der Waals surface area contributed by atoms with Crippen LogP contribution in [0.3, 0.4) is 0 Å². The number of nitrogens with two attached hydrogens (primary N) is 2. The van der Waals surface area contributed by atoms with Gasteiger partial charge in [0, 0.05) is 23.4 Å². The molecule has 2 aromatic carbocycles. The summed E-state index contributed by atoms with van der Waals surface area (Å²) in [6.07, 6.45) is -3.39. The molecule has 3 aromatic rings. The lowest BCUT2D eigenvalue weighted by atomic mass is 10.1. The molecule has 1 heterocycles. The number of carbonyl (C=O) groups is 2. The van der Waals surface area contributed by atoms with Crippen LogP contribution in [0.5, 0.6) is 5.88 Å². The molecule has 0 saturated carbocycles. The SMILES string of the molecule is Cc1cccc(N(N)C(=O)NN)c1COc1ccn(-c2ccc(C(=O)C(F)(F)F)cc2)n1. The Morgan fingerprint density at radius 2 is 1.84 bits per heavy atom. The fourth-order valence-corrected chi connectivity index (χ4v) is 2.88. The van der Waals surface area contributed by atoms with Gasteiger partial charge in [-0.1, -0.05) is 12.1 Å². The highest BCUT2D eigenvalue weighted by molar-refractivity contribution is 6.00. The van der Waals surface area contributed by atoms with Crippen molar-refractivity contribution in [1.82, 2.24) is 15.2 Å². The van der Waals surface area contributed by atoms with Gasteiger partial charge in [0.1, 0.15) is 6.61 Å². The Bertz CT molecular complexity index is 1130. The van der Waals surface area contributed by atoms with E-state index in [1.807, 2.05) is 18.4 Å². The molecule has 0 bridgehead atoms. The smallest absolute Gasteiger partial charge is 0.454 e. The van der Waals surface area contributed by atoms with Crippen LogP contribution in [0.2, 0.25) is 0 Å². The van der Waals surface area contributed by atoms with Gasteiger partial charge in [0.2, 0.25) is 5.88 Å². The quantitative estimate of drug-likeness (QED) is 0.230. The minimum absolute atomic E-state index is 0.0313. The average molecular weight is 448 g/mol. The van der Waals surface area contributed by atoms with E-state index < -0.39 is 23.6 Å². The molecular formula is C20H19F3N6O3. The Hall–Kier alpha value is -3.90. The van der Waals surface area contributed by atoms with Crippen LogP contribution in [0.25, 0.3) is 5.69 Å². The summed E-state index contributed by atoms with van der Waals surface area (Å²) >= 11 is 0. The third-order valence-corrected chi connectivity index (χ3v) is 4.57. The molecule has 0 saturated heterocycles. The molecule has 0 unspecified atom stereocenters. The molecular weight excluding hydrogens is 429 g/mol. The van der Waals surface area contributed by atoms with Crippen LogP contribution in [-0.2, 0) is 6.61 Å². The molecule has 32 heavy (non-hydrogen) atoms. The van der Waals surface area contributed by atoms with Gasteiger partial charge in [-0.15, -0.1) is 5.10 Å². The Morgan fingerprint density at radius 3 is 2.47 bits per heavy atom. The number of rotatable bonds is 6. The number of ether oxygens (including phenoxy) is 1. The predicted molar refractivity (Wildman–Crippen MR) is 109 cm³/mol. The van der Waals surface area contributed by atoms with Crippen LogP contribution in [0.15, 0.2) is 54.7 Å². The number of aryl methyl sites for hydroxylation is 1. The third kappa shape index (κ3) is 4.87. The summed E-state index contributed by atoms with van der Waals surface area (Å²) in [6.45, 7) is 1.85. The van der Waals surface area contributed by atoms with Crippen molar-refractivity contribution in [3.05, 3.63) is 71.4 Å². The van der Waals surface area contributed by atoms with E-state index in [1.165, 1.54) is 16.8 Å². The summed E-state index contributed by atoms with van der Waals surface area (Å²) in [5.74, 6) is 9.24. The number of hydrogen-bond acceptors (Lipinski definition) is 6. The summed E-state index contributed by atoms with van der Waals surface area (Å²) in [6, 6.07) is 10.8. The number of urea groups is 1. The van der Waals surface area contributed by atoms with Crippen LogP contribution in [0.1, 0.15) is 21.5 Å². The van der Waals surface area contributed by atoms with Crippen molar-refractivity contribution >= 4 is 17.5 Å². The van der Waals surface area contributed by atoms with Crippen molar-refractivity contribution in [3.63, 3.8) is 0 Å². The van der Waals surface area contributed by atoms with E-state index in [0.29, 0.717) is 16.9 Å². The van der Waals surface area contributed by atoms with Crippen molar-refractivity contribution in [2.24, 2.45) is 11.7 Å². The minimum Gasteiger partial charge on any atom is -0.472 e. The van der Waals surface area contributed by atoms with Gasteiger partial charge in [-0.2, -0.15) is 13.2 Å². The van der Waals surface area contributed by atoms with Gasteiger partial charge >= 0.3 is 12.2 Å². The van der Waals surface area contributed by atoms with E-state index in [1.54, 1.807) is 24.4 Å². The maximum Gasteiger partial charge on any atom is 0.454 e. The summed E-state index contributed by atoms with van der Waals surface area (Å²) in [5.41, 5.74) is 3.74. The van der Waals surface area contributed by atoms with Crippen molar-refractivity contribution in [1.29, 1.82) is 0 Å². The molecule has 168 valence electrons. The lowest BCUT2D eigenvalue weighted by molar-refractivity contribution is -0.0885. The van der Waals surface area contributed by atoms with Crippen molar-refractivity contribution < 1.29 is 27.5 Å². The lowest BCUT2D eigenvalue weighted by Gasteiger charge is -2.20. The molecule has 0 fully saturated rings. The lowest BCUT2D eigenvalue weighted by Crippen LogP contribution is -2.48. The van der Waals surface area contributed by atoms with Crippen molar-refractivity contribution in [2.45, 2.75) is 19.7 Å². The van der Waals surface area contributed by atoms with Crippen LogP contribution >= 0.6 is 0 Å². The van der Waals surface area contributed by atoms with Gasteiger partial charge in [-0.05, 0) is 42.8 Å². The van der Waals surface area contributed by atoms with Gasteiger partial charge in [0.05, 0.1) is 11.4 Å². The van der Waals surface area contributed by atoms with Crippen LogP contribution in [0.4, 0.5) is 23.7 Å². The number of aromatic nitrogens is 2. The number of hydrazine groups is 2. The molecule has 2 amide bonds. The zero-order valence-corrected chi connectivity index (χ0v) is 16.8. The number of hydrogen-bond donors (Lipinski definition) is 3. The van der Waals surface area contributed by atoms with E-state index in [9.17, 15) is 22.8 Å². The molecule has 5 N–H and O–H groups in total. The molecule has 1 aromatic heterocycles. The topological polar surface area (TPSA) is 128 Å². The number of Topliss-reactive ketones (excluding diaryl/α,β-unsaturated/α-hetero) is 1.